The highest BCUT2D eigenvalue weighted by molar-refractivity contribution is 7.27. The van der Waals surface area contributed by atoms with Gasteiger partial charge in [-0.15, -0.1) is 11.3 Å². The molecule has 0 N–H and O–H groups in total. The van der Waals surface area contributed by atoms with Crippen molar-refractivity contribution in [3.8, 4) is 11.3 Å². The van der Waals surface area contributed by atoms with E-state index in [1.807, 2.05) is 31.4 Å². The average molecular weight is 448 g/mol. The van der Waals surface area contributed by atoms with Gasteiger partial charge in [0, 0.05) is 49.8 Å². The standard InChI is InChI=1S/C30H26N2S/c1-5-19-16-31-26(15-25(19)17(2)3)22-11-8-12-23-27-20-9-6-7-10-21(20)28-24(14-13-18(4)32-28)30(27)33-29(22)23/h6-17H,5H2,1-4H3/i17D. The van der Waals surface area contributed by atoms with E-state index in [1.165, 1.54) is 36.3 Å². The molecule has 33 heavy (non-hydrogen) atoms. The van der Waals surface area contributed by atoms with E-state index in [-0.39, 0.29) is 0 Å². The molecule has 0 fully saturated rings. The van der Waals surface area contributed by atoms with Gasteiger partial charge >= 0.3 is 0 Å². The molecule has 0 saturated heterocycles. The first-order valence-electron chi connectivity index (χ1n) is 12.0. The molecule has 6 rings (SSSR count). The van der Waals surface area contributed by atoms with Crippen molar-refractivity contribution in [3.05, 3.63) is 83.7 Å². The normalized spacial score (nSPS) is 12.8. The maximum Gasteiger partial charge on any atom is 0.0798 e. The molecule has 3 aromatic carbocycles. The second-order valence-electron chi connectivity index (χ2n) is 8.96. The first-order valence-corrected chi connectivity index (χ1v) is 12.3. The van der Waals surface area contributed by atoms with Crippen LogP contribution >= 0.6 is 11.3 Å². The lowest BCUT2D eigenvalue weighted by atomic mass is 9.94. The van der Waals surface area contributed by atoms with Crippen LogP contribution in [0.4, 0.5) is 0 Å². The summed E-state index contributed by atoms with van der Waals surface area (Å²) in [5.74, 6) is -0.674. The number of thiophene rings is 1. The Morgan fingerprint density at radius 3 is 2.48 bits per heavy atom. The van der Waals surface area contributed by atoms with Gasteiger partial charge in [0.15, 0.2) is 0 Å². The zero-order valence-corrected chi connectivity index (χ0v) is 20.2. The van der Waals surface area contributed by atoms with Gasteiger partial charge in [-0.2, -0.15) is 0 Å². The molecule has 0 unspecified atom stereocenters. The summed E-state index contributed by atoms with van der Waals surface area (Å²) in [6.45, 7) is 8.10. The van der Waals surface area contributed by atoms with E-state index >= 15 is 0 Å². The van der Waals surface area contributed by atoms with Gasteiger partial charge in [-0.3, -0.25) is 9.97 Å². The van der Waals surface area contributed by atoms with Crippen molar-refractivity contribution in [1.29, 1.82) is 0 Å². The molecule has 2 nitrogen and oxygen atoms in total. The molecule has 3 heteroatoms. The molecule has 162 valence electrons. The number of hydrogen-bond acceptors (Lipinski definition) is 3. The third kappa shape index (κ3) is 3.07. The second kappa shape index (κ2) is 7.64. The Bertz CT molecular complexity index is 1740. The summed E-state index contributed by atoms with van der Waals surface area (Å²) in [6, 6.07) is 21.6. The van der Waals surface area contributed by atoms with Gasteiger partial charge in [-0.05, 0) is 54.0 Å². The van der Waals surface area contributed by atoms with E-state index in [4.69, 9.17) is 11.3 Å². The summed E-state index contributed by atoms with van der Waals surface area (Å²) < 4.78 is 11.2. The molecule has 0 spiro atoms. The summed E-state index contributed by atoms with van der Waals surface area (Å²) in [4.78, 5) is 9.80. The molecule has 6 aromatic rings. The van der Waals surface area contributed by atoms with Crippen LogP contribution in [0, 0.1) is 6.92 Å². The molecule has 0 aliphatic heterocycles. The molecule has 3 heterocycles. The van der Waals surface area contributed by atoms with Crippen LogP contribution in [0.1, 0.15) is 44.9 Å². The molecule has 0 aliphatic rings. The van der Waals surface area contributed by atoms with Crippen LogP contribution in [0.15, 0.2) is 66.9 Å². The number of aromatic nitrogens is 2. The minimum Gasteiger partial charge on any atom is -0.256 e. The maximum atomic E-state index is 8.69. The quantitative estimate of drug-likeness (QED) is 0.253. The Labute approximate surface area is 199 Å². The highest BCUT2D eigenvalue weighted by atomic mass is 32.1. The fraction of sp³-hybridized carbons (Fsp3) is 0.200. The van der Waals surface area contributed by atoms with Crippen LogP contribution in [0.25, 0.3) is 53.1 Å². The van der Waals surface area contributed by atoms with E-state index in [0.29, 0.717) is 0 Å². The lowest BCUT2D eigenvalue weighted by molar-refractivity contribution is 0.839. The molecule has 0 bridgehead atoms. The van der Waals surface area contributed by atoms with Crippen LogP contribution in [-0.4, -0.2) is 9.97 Å². The molecule has 0 amide bonds. The largest absolute Gasteiger partial charge is 0.256 e. The van der Waals surface area contributed by atoms with Crippen molar-refractivity contribution in [1.82, 2.24) is 9.97 Å². The Morgan fingerprint density at radius 1 is 0.909 bits per heavy atom. The number of nitrogens with zero attached hydrogens (tertiary/aromatic N) is 2. The minimum atomic E-state index is -0.674. The van der Waals surface area contributed by atoms with E-state index in [0.717, 1.165) is 40.0 Å². The van der Waals surface area contributed by atoms with Crippen molar-refractivity contribution >= 4 is 53.2 Å². The number of rotatable bonds is 3. The number of aryl methyl sites for hydroxylation is 2. The third-order valence-electron chi connectivity index (χ3n) is 6.63. The molecular weight excluding hydrogens is 420 g/mol. The summed E-state index contributed by atoms with van der Waals surface area (Å²) >= 11 is 1.83. The van der Waals surface area contributed by atoms with Gasteiger partial charge < -0.3 is 0 Å². The van der Waals surface area contributed by atoms with Crippen LogP contribution in [0.3, 0.4) is 0 Å². The predicted octanol–water partition coefficient (Wildman–Crippen LogP) is 8.81. The maximum absolute atomic E-state index is 8.69. The Kier molecular flexibility index (Phi) is 4.44. The van der Waals surface area contributed by atoms with Gasteiger partial charge in [0.05, 0.1) is 11.2 Å². The fourth-order valence-corrected chi connectivity index (χ4v) is 6.37. The summed E-state index contributed by atoms with van der Waals surface area (Å²) in [7, 11) is 0. The van der Waals surface area contributed by atoms with Crippen LogP contribution in [0.2, 0.25) is 0 Å². The molecule has 0 saturated carbocycles. The van der Waals surface area contributed by atoms with Crippen molar-refractivity contribution in [2.24, 2.45) is 0 Å². The molecule has 0 aliphatic carbocycles. The lowest BCUT2D eigenvalue weighted by Gasteiger charge is -2.13. The van der Waals surface area contributed by atoms with Crippen molar-refractivity contribution in [3.63, 3.8) is 0 Å². The summed E-state index contributed by atoms with van der Waals surface area (Å²) in [5.41, 5.74) is 6.36. The molecule has 0 atom stereocenters. The lowest BCUT2D eigenvalue weighted by Crippen LogP contribution is -1.98. The predicted molar refractivity (Wildman–Crippen MR) is 144 cm³/mol. The van der Waals surface area contributed by atoms with E-state index in [9.17, 15) is 0 Å². The number of fused-ring (bicyclic) bond motifs is 8. The van der Waals surface area contributed by atoms with E-state index in [1.54, 1.807) is 0 Å². The zero-order chi connectivity index (χ0) is 23.6. The first-order chi connectivity index (χ1) is 16.4. The monoisotopic (exact) mass is 447 g/mol. The summed E-state index contributed by atoms with van der Waals surface area (Å²) in [5, 5.41) is 6.19. The van der Waals surface area contributed by atoms with E-state index in [2.05, 4.69) is 74.5 Å². The fourth-order valence-electron chi connectivity index (χ4n) is 5.01. The number of hydrogen-bond donors (Lipinski definition) is 0. The first kappa shape index (κ1) is 19.2. The van der Waals surface area contributed by atoms with Crippen molar-refractivity contribution in [2.75, 3.05) is 0 Å². The topological polar surface area (TPSA) is 25.8 Å². The van der Waals surface area contributed by atoms with Crippen LogP contribution in [-0.2, 0) is 6.42 Å². The zero-order valence-electron chi connectivity index (χ0n) is 20.4. The molecule has 0 radical (unpaired) electrons. The minimum absolute atomic E-state index is 0.674. The Morgan fingerprint density at radius 2 is 1.70 bits per heavy atom. The van der Waals surface area contributed by atoms with Gasteiger partial charge in [0.25, 0.3) is 0 Å². The highest BCUT2D eigenvalue weighted by Gasteiger charge is 2.18. The Hall–Kier alpha value is -3.30. The van der Waals surface area contributed by atoms with Crippen molar-refractivity contribution in [2.45, 2.75) is 40.0 Å². The van der Waals surface area contributed by atoms with Gasteiger partial charge in [-0.25, -0.2) is 0 Å². The van der Waals surface area contributed by atoms with Crippen LogP contribution in [0.5, 0.6) is 0 Å². The molecule has 3 aromatic heterocycles. The van der Waals surface area contributed by atoms with Crippen LogP contribution < -0.4 is 0 Å². The number of benzene rings is 3. The Balaban J connectivity index is 1.74. The van der Waals surface area contributed by atoms with Crippen molar-refractivity contribution < 1.29 is 1.37 Å². The third-order valence-corrected chi connectivity index (χ3v) is 7.90. The number of pyridine rings is 2. The SMILES string of the molecule is [2H]C(C)(C)c1cc(-c2cccc3c2sc2c4ccc(C)nc4c4ccccc4c32)ncc1CC. The van der Waals surface area contributed by atoms with Gasteiger partial charge in [0.1, 0.15) is 0 Å². The summed E-state index contributed by atoms with van der Waals surface area (Å²) in [6.07, 6.45) is 2.84. The highest BCUT2D eigenvalue weighted by Crippen LogP contribution is 2.46. The second-order valence-corrected chi connectivity index (χ2v) is 9.98. The van der Waals surface area contributed by atoms with Gasteiger partial charge in [-0.1, -0.05) is 63.2 Å². The van der Waals surface area contributed by atoms with E-state index < -0.39 is 5.89 Å². The van der Waals surface area contributed by atoms with Gasteiger partial charge in [0.2, 0.25) is 0 Å². The molecular formula is C30H26N2S. The smallest absolute Gasteiger partial charge is 0.0798 e. The average Bonchev–Trinajstić information content (AvgIpc) is 3.23.